The first-order valence-corrected chi connectivity index (χ1v) is 36.8. The molecule has 1 amide bonds. The molecule has 0 aromatic carbocycles. The van der Waals surface area contributed by atoms with E-state index in [4.69, 9.17) is 14.2 Å². The molecule has 85 heavy (non-hydrogen) atoms. The number of hydrogen-bond donors (Lipinski definition) is 6. The number of carbonyl (C=O) groups excluding carboxylic acids is 2. The van der Waals surface area contributed by atoms with Gasteiger partial charge >= 0.3 is 5.97 Å². The van der Waals surface area contributed by atoms with Crippen LogP contribution in [0, 0.1) is 0 Å². The van der Waals surface area contributed by atoms with Crippen LogP contribution in [0.5, 0.6) is 0 Å². The van der Waals surface area contributed by atoms with Gasteiger partial charge in [0.15, 0.2) is 12.4 Å². The highest BCUT2D eigenvalue weighted by atomic mass is 16.7. The minimum atomic E-state index is -1.61. The molecule has 1 aliphatic rings. The van der Waals surface area contributed by atoms with E-state index in [2.05, 4.69) is 50.4 Å². The third kappa shape index (κ3) is 49.4. The second-order valence-corrected chi connectivity index (χ2v) is 25.7. The van der Waals surface area contributed by atoms with Crippen molar-refractivity contribution >= 4 is 11.9 Å². The molecule has 1 rings (SSSR count). The zero-order chi connectivity index (χ0) is 61.7. The van der Waals surface area contributed by atoms with Crippen molar-refractivity contribution in [3.63, 3.8) is 0 Å². The zero-order valence-corrected chi connectivity index (χ0v) is 55.8. The largest absolute Gasteiger partial charge is 0.454 e. The molecule has 8 unspecified atom stereocenters. The maximum absolute atomic E-state index is 13.5. The Hall–Kier alpha value is -2.12. The van der Waals surface area contributed by atoms with Gasteiger partial charge in [0, 0.05) is 6.42 Å². The molecule has 0 aliphatic carbocycles. The molecule has 0 bridgehead atoms. The summed E-state index contributed by atoms with van der Waals surface area (Å²) in [6, 6.07) is -1.02. The molecule has 1 heterocycles. The molecule has 8 atom stereocenters. The molecule has 11 nitrogen and oxygen atoms in total. The Morgan fingerprint density at radius 1 is 0.447 bits per heavy atom. The number of aliphatic hydroxyl groups excluding tert-OH is 5. The SMILES string of the molecule is CCCCCCCC/C=C/CCCCCCCCCCCCCCCCCCC(O)C(=O)NC(COC1OC(CO)C(O)C(O)C1OC(=O)CCCCCCCCCCC/C=C/CCCCCCCC)C(O)/C=C/CCCCCCCCCCC. The Morgan fingerprint density at radius 2 is 0.776 bits per heavy atom. The van der Waals surface area contributed by atoms with Gasteiger partial charge in [-0.1, -0.05) is 314 Å². The van der Waals surface area contributed by atoms with Gasteiger partial charge in [-0.3, -0.25) is 9.59 Å². The summed E-state index contributed by atoms with van der Waals surface area (Å²) >= 11 is 0. The first-order valence-electron chi connectivity index (χ1n) is 36.8. The first kappa shape index (κ1) is 80.9. The summed E-state index contributed by atoms with van der Waals surface area (Å²) in [5.41, 5.74) is 0. The van der Waals surface area contributed by atoms with Gasteiger partial charge in [0.1, 0.15) is 24.4 Å². The van der Waals surface area contributed by atoms with Gasteiger partial charge in [-0.15, -0.1) is 0 Å². The number of unbranched alkanes of at least 4 members (excludes halogenated alkanes) is 46. The Balaban J connectivity index is 2.51. The molecule has 0 saturated carbocycles. The van der Waals surface area contributed by atoms with E-state index in [1.165, 1.54) is 257 Å². The number of aliphatic hydroxyl groups is 5. The fraction of sp³-hybridized carbons (Fsp3) is 0.892. The van der Waals surface area contributed by atoms with Crippen molar-refractivity contribution in [3.05, 3.63) is 36.5 Å². The Kier molecular flexibility index (Phi) is 59.1. The summed E-state index contributed by atoms with van der Waals surface area (Å²) in [6.45, 7) is 5.83. The topological polar surface area (TPSA) is 175 Å². The molecular weight excluding hydrogens is 1060 g/mol. The van der Waals surface area contributed by atoms with E-state index in [0.717, 1.165) is 57.8 Å². The average Bonchev–Trinajstić information content (AvgIpc) is 3.59. The second-order valence-electron chi connectivity index (χ2n) is 25.7. The van der Waals surface area contributed by atoms with Crippen LogP contribution in [0.2, 0.25) is 0 Å². The summed E-state index contributed by atoms with van der Waals surface area (Å²) in [5.74, 6) is -1.18. The lowest BCUT2D eigenvalue weighted by Crippen LogP contribution is -2.61. The number of amides is 1. The highest BCUT2D eigenvalue weighted by Gasteiger charge is 2.47. The minimum absolute atomic E-state index is 0.124. The van der Waals surface area contributed by atoms with Crippen LogP contribution in [0.3, 0.4) is 0 Å². The minimum Gasteiger partial charge on any atom is -0.454 e. The van der Waals surface area contributed by atoms with Crippen molar-refractivity contribution in [2.75, 3.05) is 13.2 Å². The molecule has 1 aliphatic heterocycles. The van der Waals surface area contributed by atoms with Crippen LogP contribution in [0.25, 0.3) is 0 Å². The fourth-order valence-electron chi connectivity index (χ4n) is 11.7. The van der Waals surface area contributed by atoms with E-state index >= 15 is 0 Å². The predicted molar refractivity (Wildman–Crippen MR) is 357 cm³/mol. The van der Waals surface area contributed by atoms with Crippen molar-refractivity contribution in [2.24, 2.45) is 0 Å². The number of nitrogens with one attached hydrogen (secondary N) is 1. The number of rotatable bonds is 64. The number of ether oxygens (including phenoxy) is 3. The van der Waals surface area contributed by atoms with Gasteiger partial charge in [-0.05, 0) is 77.0 Å². The summed E-state index contributed by atoms with van der Waals surface area (Å²) < 4.78 is 17.7. The molecule has 500 valence electrons. The van der Waals surface area contributed by atoms with E-state index in [0.29, 0.717) is 19.3 Å². The Morgan fingerprint density at radius 3 is 1.14 bits per heavy atom. The molecule has 0 aromatic rings. The number of hydrogen-bond acceptors (Lipinski definition) is 10. The van der Waals surface area contributed by atoms with E-state index in [1.54, 1.807) is 6.08 Å². The maximum Gasteiger partial charge on any atom is 0.306 e. The van der Waals surface area contributed by atoms with Crippen LogP contribution in [0.1, 0.15) is 361 Å². The van der Waals surface area contributed by atoms with Crippen molar-refractivity contribution < 1.29 is 49.3 Å². The molecular formula is C74H139NO10. The second kappa shape index (κ2) is 62.1. The van der Waals surface area contributed by atoms with Crippen molar-refractivity contribution in [2.45, 2.75) is 410 Å². The Bertz CT molecular complexity index is 1520. The quantitative estimate of drug-likeness (QED) is 0.0195. The van der Waals surface area contributed by atoms with E-state index in [9.17, 15) is 35.1 Å². The van der Waals surface area contributed by atoms with E-state index in [-0.39, 0.29) is 13.0 Å². The van der Waals surface area contributed by atoms with Gasteiger partial charge in [0.05, 0.1) is 25.4 Å². The summed E-state index contributed by atoms with van der Waals surface area (Å²) in [6.07, 6.45) is 66.3. The van der Waals surface area contributed by atoms with Crippen molar-refractivity contribution in [1.82, 2.24) is 5.32 Å². The van der Waals surface area contributed by atoms with Crippen molar-refractivity contribution in [1.29, 1.82) is 0 Å². The lowest BCUT2D eigenvalue weighted by atomic mass is 9.99. The van der Waals surface area contributed by atoms with Crippen LogP contribution in [0.15, 0.2) is 36.5 Å². The lowest BCUT2D eigenvalue weighted by molar-refractivity contribution is -0.305. The van der Waals surface area contributed by atoms with Crippen LogP contribution >= 0.6 is 0 Å². The number of allylic oxidation sites excluding steroid dienone is 5. The highest BCUT2D eigenvalue weighted by molar-refractivity contribution is 5.80. The Labute approximate surface area is 523 Å². The molecule has 0 spiro atoms. The third-order valence-corrected chi connectivity index (χ3v) is 17.5. The standard InChI is InChI=1S/C74H139NO10/c1-4-7-10-13-16-19-22-24-26-28-30-31-32-33-34-35-36-38-39-41-43-46-49-52-55-58-61-67(78)73(82)75-65(66(77)60-57-54-51-48-45-21-18-15-12-9-6-3)64-83-74-72(71(81)70(80)68(63-76)84-74)85-69(79)62-59-56-53-50-47-44-42-40-37-29-27-25-23-20-17-14-11-8-5-2/h24-27,57,60,65-68,70-72,74,76-78,80-81H,4-23,28-56,58-59,61-64H2,1-3H3,(H,75,82)/b26-24+,27-25+,60-57+. The van der Waals surface area contributed by atoms with E-state index in [1.807, 2.05) is 6.08 Å². The van der Waals surface area contributed by atoms with Gasteiger partial charge in [0.2, 0.25) is 5.91 Å². The number of esters is 1. The molecule has 1 fully saturated rings. The first-order chi connectivity index (χ1) is 41.7. The van der Waals surface area contributed by atoms with Crippen LogP contribution in [0.4, 0.5) is 0 Å². The normalized spacial score (nSPS) is 18.5. The summed E-state index contributed by atoms with van der Waals surface area (Å²) in [5, 5.41) is 57.2. The molecule has 0 aromatic heterocycles. The predicted octanol–water partition coefficient (Wildman–Crippen LogP) is 19.0. The van der Waals surface area contributed by atoms with E-state index < -0.39 is 67.4 Å². The third-order valence-electron chi connectivity index (χ3n) is 17.5. The lowest BCUT2D eigenvalue weighted by Gasteiger charge is -2.41. The molecule has 11 heteroatoms. The molecule has 1 saturated heterocycles. The smallest absolute Gasteiger partial charge is 0.306 e. The summed E-state index contributed by atoms with van der Waals surface area (Å²) in [4.78, 5) is 26.7. The van der Waals surface area contributed by atoms with Crippen molar-refractivity contribution in [3.8, 4) is 0 Å². The zero-order valence-electron chi connectivity index (χ0n) is 55.8. The van der Waals surface area contributed by atoms with Crippen LogP contribution in [-0.4, -0.2) is 99.6 Å². The van der Waals surface area contributed by atoms with Crippen LogP contribution in [-0.2, 0) is 23.8 Å². The van der Waals surface area contributed by atoms with Crippen LogP contribution < -0.4 is 5.32 Å². The maximum atomic E-state index is 13.5. The number of carbonyl (C=O) groups is 2. The molecule has 0 radical (unpaired) electrons. The molecule has 6 N–H and O–H groups in total. The average molecular weight is 1200 g/mol. The van der Waals surface area contributed by atoms with Gasteiger partial charge in [-0.2, -0.15) is 0 Å². The monoisotopic (exact) mass is 1200 g/mol. The fourth-order valence-corrected chi connectivity index (χ4v) is 11.7. The highest BCUT2D eigenvalue weighted by Crippen LogP contribution is 2.26. The van der Waals surface area contributed by atoms with Gasteiger partial charge in [0.25, 0.3) is 0 Å². The van der Waals surface area contributed by atoms with Gasteiger partial charge < -0.3 is 45.1 Å². The summed E-state index contributed by atoms with van der Waals surface area (Å²) in [7, 11) is 0. The van der Waals surface area contributed by atoms with Gasteiger partial charge in [-0.25, -0.2) is 0 Å².